The largest absolute Gasteiger partial charge is 0.0811 e. The van der Waals surface area contributed by atoms with Crippen LogP contribution in [-0.2, 0) is 0 Å². The summed E-state index contributed by atoms with van der Waals surface area (Å²) in [5.41, 5.74) is 3.30. The van der Waals surface area contributed by atoms with Crippen LogP contribution in [0.3, 0.4) is 0 Å². The van der Waals surface area contributed by atoms with Crippen molar-refractivity contribution < 1.29 is 0 Å². The fraction of sp³-hybridized carbons (Fsp3) is 0.778. The van der Waals surface area contributed by atoms with Crippen LogP contribution >= 0.6 is 0 Å². The van der Waals surface area contributed by atoms with Gasteiger partial charge in [0.1, 0.15) is 0 Å². The molecule has 0 aliphatic carbocycles. The predicted octanol–water partition coefficient (Wildman–Crippen LogP) is 6.82. The van der Waals surface area contributed by atoms with Crippen molar-refractivity contribution in [3.8, 4) is 0 Å². The van der Waals surface area contributed by atoms with Crippen LogP contribution in [0, 0.1) is 0 Å². The van der Waals surface area contributed by atoms with Gasteiger partial charge in [-0.15, -0.1) is 0 Å². The first kappa shape index (κ1) is 17.5. The van der Waals surface area contributed by atoms with Crippen LogP contribution in [0.5, 0.6) is 0 Å². The Labute approximate surface area is 116 Å². The average Bonchev–Trinajstić information content (AvgIpc) is 2.39. The third kappa shape index (κ3) is 8.55. The summed E-state index contributed by atoms with van der Waals surface area (Å²) >= 11 is 0. The zero-order valence-electron chi connectivity index (χ0n) is 13.2. The van der Waals surface area contributed by atoms with Crippen molar-refractivity contribution >= 4 is 0 Å². The van der Waals surface area contributed by atoms with E-state index in [9.17, 15) is 0 Å². The highest BCUT2D eigenvalue weighted by Crippen LogP contribution is 2.23. The Kier molecular flexibility index (Phi) is 12.6. The van der Waals surface area contributed by atoms with Gasteiger partial charge in [0.25, 0.3) is 0 Å². The van der Waals surface area contributed by atoms with Gasteiger partial charge < -0.3 is 0 Å². The molecule has 0 aromatic rings. The Morgan fingerprint density at radius 2 is 1.22 bits per heavy atom. The SMILES string of the molecule is CCC/C=C(CCC)/C(=C/CCCC)CCCC. The lowest BCUT2D eigenvalue weighted by Crippen LogP contribution is -1.92. The average molecular weight is 250 g/mol. The number of hydrogen-bond acceptors (Lipinski definition) is 0. The molecule has 0 N–H and O–H groups in total. The lowest BCUT2D eigenvalue weighted by Gasteiger charge is -2.12. The van der Waals surface area contributed by atoms with Crippen molar-refractivity contribution in [1.29, 1.82) is 0 Å². The van der Waals surface area contributed by atoms with Gasteiger partial charge in [-0.3, -0.25) is 0 Å². The summed E-state index contributed by atoms with van der Waals surface area (Å²) in [6.45, 7) is 9.13. The first-order valence-electron chi connectivity index (χ1n) is 8.18. The maximum absolute atomic E-state index is 2.52. The molecule has 106 valence electrons. The molecular formula is C18H34. The van der Waals surface area contributed by atoms with Crippen LogP contribution in [0.2, 0.25) is 0 Å². The summed E-state index contributed by atoms with van der Waals surface area (Å²) in [6, 6.07) is 0. The van der Waals surface area contributed by atoms with Crippen LogP contribution in [0.25, 0.3) is 0 Å². The predicted molar refractivity (Wildman–Crippen MR) is 85.0 cm³/mol. The monoisotopic (exact) mass is 250 g/mol. The molecule has 0 nitrogen and oxygen atoms in total. The molecule has 0 saturated heterocycles. The van der Waals surface area contributed by atoms with Crippen molar-refractivity contribution in [2.24, 2.45) is 0 Å². The number of allylic oxidation sites excluding steroid dienone is 4. The zero-order valence-corrected chi connectivity index (χ0v) is 13.2. The molecule has 0 spiro atoms. The second-order valence-corrected chi connectivity index (χ2v) is 5.24. The maximum Gasteiger partial charge on any atom is -0.0280 e. The summed E-state index contributed by atoms with van der Waals surface area (Å²) in [6.07, 6.45) is 17.9. The van der Waals surface area contributed by atoms with E-state index in [2.05, 4.69) is 39.8 Å². The van der Waals surface area contributed by atoms with E-state index in [1.807, 2.05) is 0 Å². The summed E-state index contributed by atoms with van der Waals surface area (Å²) < 4.78 is 0. The minimum absolute atomic E-state index is 1.24. The highest BCUT2D eigenvalue weighted by Gasteiger charge is 2.04. The topological polar surface area (TPSA) is 0 Å². The van der Waals surface area contributed by atoms with Crippen molar-refractivity contribution in [2.45, 2.75) is 91.9 Å². The van der Waals surface area contributed by atoms with Crippen LogP contribution in [0.15, 0.2) is 23.3 Å². The Balaban J connectivity index is 4.67. The smallest absolute Gasteiger partial charge is 0.0280 e. The van der Waals surface area contributed by atoms with E-state index in [0.717, 1.165) is 0 Å². The Hall–Kier alpha value is -0.520. The van der Waals surface area contributed by atoms with Crippen LogP contribution in [-0.4, -0.2) is 0 Å². The fourth-order valence-electron chi connectivity index (χ4n) is 2.22. The van der Waals surface area contributed by atoms with Crippen LogP contribution < -0.4 is 0 Å². The normalized spacial score (nSPS) is 13.1. The van der Waals surface area contributed by atoms with E-state index in [1.165, 1.54) is 64.2 Å². The number of hydrogen-bond donors (Lipinski definition) is 0. The lowest BCUT2D eigenvalue weighted by atomic mass is 9.94. The van der Waals surface area contributed by atoms with E-state index in [4.69, 9.17) is 0 Å². The standard InChI is InChI=1S/C18H34/c1-5-9-12-16-18(15-11-7-3)17(13-8-4)14-10-6-2/h14,16H,5-13,15H2,1-4H3/b17-14+,18-16+. The molecule has 0 bridgehead atoms. The molecule has 0 aliphatic heterocycles. The van der Waals surface area contributed by atoms with E-state index < -0.39 is 0 Å². The van der Waals surface area contributed by atoms with Gasteiger partial charge in [0.15, 0.2) is 0 Å². The van der Waals surface area contributed by atoms with Gasteiger partial charge >= 0.3 is 0 Å². The molecule has 0 heteroatoms. The quantitative estimate of drug-likeness (QED) is 0.279. The van der Waals surface area contributed by atoms with Gasteiger partial charge in [0, 0.05) is 0 Å². The highest BCUT2D eigenvalue weighted by molar-refractivity contribution is 5.30. The van der Waals surface area contributed by atoms with E-state index in [-0.39, 0.29) is 0 Å². The first-order chi connectivity index (χ1) is 8.79. The summed E-state index contributed by atoms with van der Waals surface area (Å²) in [4.78, 5) is 0. The van der Waals surface area contributed by atoms with E-state index in [1.54, 1.807) is 11.1 Å². The minimum Gasteiger partial charge on any atom is -0.0811 e. The first-order valence-corrected chi connectivity index (χ1v) is 8.18. The summed E-state index contributed by atoms with van der Waals surface area (Å²) in [5, 5.41) is 0. The Morgan fingerprint density at radius 1 is 0.611 bits per heavy atom. The molecule has 0 aromatic heterocycles. The molecule has 0 rings (SSSR count). The molecule has 0 fully saturated rings. The number of unbranched alkanes of at least 4 members (excludes halogenated alkanes) is 4. The van der Waals surface area contributed by atoms with Gasteiger partial charge in [-0.05, 0) is 43.3 Å². The minimum atomic E-state index is 1.24. The van der Waals surface area contributed by atoms with Crippen LogP contribution in [0.1, 0.15) is 91.9 Å². The van der Waals surface area contributed by atoms with Crippen LogP contribution in [0.4, 0.5) is 0 Å². The molecule has 0 amide bonds. The van der Waals surface area contributed by atoms with E-state index >= 15 is 0 Å². The maximum atomic E-state index is 2.52. The molecule has 0 aliphatic rings. The molecular weight excluding hydrogens is 216 g/mol. The van der Waals surface area contributed by atoms with Crippen molar-refractivity contribution in [1.82, 2.24) is 0 Å². The third-order valence-electron chi connectivity index (χ3n) is 3.36. The lowest BCUT2D eigenvalue weighted by molar-refractivity contribution is 0.757. The van der Waals surface area contributed by atoms with Crippen molar-refractivity contribution in [3.63, 3.8) is 0 Å². The van der Waals surface area contributed by atoms with Gasteiger partial charge in [-0.1, -0.05) is 72.0 Å². The molecule has 0 radical (unpaired) electrons. The zero-order chi connectivity index (χ0) is 13.6. The van der Waals surface area contributed by atoms with Crippen molar-refractivity contribution in [2.75, 3.05) is 0 Å². The molecule has 0 heterocycles. The molecule has 0 unspecified atom stereocenters. The molecule has 0 atom stereocenters. The second-order valence-electron chi connectivity index (χ2n) is 5.24. The molecule has 0 saturated carbocycles. The van der Waals surface area contributed by atoms with Gasteiger partial charge in [-0.25, -0.2) is 0 Å². The molecule has 18 heavy (non-hydrogen) atoms. The Morgan fingerprint density at radius 3 is 1.78 bits per heavy atom. The van der Waals surface area contributed by atoms with Gasteiger partial charge in [0.2, 0.25) is 0 Å². The second kappa shape index (κ2) is 12.9. The number of rotatable bonds is 11. The third-order valence-corrected chi connectivity index (χ3v) is 3.36. The summed E-state index contributed by atoms with van der Waals surface area (Å²) in [7, 11) is 0. The Bertz CT molecular complexity index is 232. The fourth-order valence-corrected chi connectivity index (χ4v) is 2.22. The summed E-state index contributed by atoms with van der Waals surface area (Å²) in [5.74, 6) is 0. The van der Waals surface area contributed by atoms with Crippen molar-refractivity contribution in [3.05, 3.63) is 23.3 Å². The van der Waals surface area contributed by atoms with Gasteiger partial charge in [-0.2, -0.15) is 0 Å². The molecule has 0 aromatic carbocycles. The van der Waals surface area contributed by atoms with Gasteiger partial charge in [0.05, 0.1) is 0 Å². The highest BCUT2D eigenvalue weighted by atomic mass is 14.1. The van der Waals surface area contributed by atoms with E-state index in [0.29, 0.717) is 0 Å².